The summed E-state index contributed by atoms with van der Waals surface area (Å²) in [7, 11) is 0. The number of hydrogen-bond acceptors (Lipinski definition) is 3. The minimum absolute atomic E-state index is 0.0109. The zero-order chi connectivity index (χ0) is 20.2. The number of hydrogen-bond donors (Lipinski definition) is 1. The number of esters is 1. The van der Waals surface area contributed by atoms with Crippen LogP contribution >= 0.6 is 0 Å². The van der Waals surface area contributed by atoms with E-state index in [4.69, 9.17) is 4.74 Å². The largest absolute Gasteiger partial charge is 0.461 e. The third-order valence-electron chi connectivity index (χ3n) is 5.20. The molecule has 2 atom stereocenters. The van der Waals surface area contributed by atoms with E-state index < -0.39 is 6.04 Å². The molecule has 2 aromatic rings. The smallest absolute Gasteiger partial charge is 0.329 e. The summed E-state index contributed by atoms with van der Waals surface area (Å²) >= 11 is 0. The molecule has 0 aliphatic rings. The Bertz CT molecular complexity index is 624. The summed E-state index contributed by atoms with van der Waals surface area (Å²) in [6, 6.07) is 19.6. The van der Waals surface area contributed by atoms with Gasteiger partial charge in [-0.2, -0.15) is 0 Å². The fourth-order valence-electron chi connectivity index (χ4n) is 3.78. The van der Waals surface area contributed by atoms with Crippen LogP contribution in [0.25, 0.3) is 0 Å². The van der Waals surface area contributed by atoms with Crippen LogP contribution in [0.1, 0.15) is 58.4 Å². The topological polar surface area (TPSA) is 38.3 Å². The van der Waals surface area contributed by atoms with Crippen LogP contribution in [0.3, 0.4) is 0 Å². The number of carbonyl (C=O) groups excluding carboxylic acids is 1. The lowest BCUT2D eigenvalue weighted by Crippen LogP contribution is -2.38. The number of rotatable bonds is 12. The summed E-state index contributed by atoms with van der Waals surface area (Å²) in [6.07, 6.45) is 5.91. The second-order valence-corrected chi connectivity index (χ2v) is 7.47. The first kappa shape index (κ1) is 22.0. The van der Waals surface area contributed by atoms with Crippen LogP contribution in [0, 0.1) is 5.92 Å². The molecule has 0 aromatic heterocycles. The van der Waals surface area contributed by atoms with Gasteiger partial charge in [-0.1, -0.05) is 82.1 Å². The number of para-hydroxylation sites is 1. The van der Waals surface area contributed by atoms with E-state index in [2.05, 4.69) is 38.2 Å². The van der Waals surface area contributed by atoms with E-state index in [1.807, 2.05) is 48.5 Å². The molecule has 0 unspecified atom stereocenters. The number of anilines is 1. The van der Waals surface area contributed by atoms with Crippen molar-refractivity contribution >= 4 is 11.7 Å². The van der Waals surface area contributed by atoms with Gasteiger partial charge in [-0.15, -0.1) is 0 Å². The van der Waals surface area contributed by atoms with Gasteiger partial charge < -0.3 is 10.1 Å². The minimum Gasteiger partial charge on any atom is -0.461 e. The maximum Gasteiger partial charge on any atom is 0.329 e. The summed E-state index contributed by atoms with van der Waals surface area (Å²) < 4.78 is 6.07. The lowest BCUT2D eigenvalue weighted by atomic mass is 9.91. The summed E-state index contributed by atoms with van der Waals surface area (Å²) in [5.74, 6) is 0.287. The highest BCUT2D eigenvalue weighted by atomic mass is 16.5. The van der Waals surface area contributed by atoms with Crippen LogP contribution in [0.15, 0.2) is 60.7 Å². The van der Waals surface area contributed by atoms with Gasteiger partial charge in [0.05, 0.1) is 0 Å². The van der Waals surface area contributed by atoms with Crippen LogP contribution < -0.4 is 5.32 Å². The Kier molecular flexibility index (Phi) is 9.61. The molecule has 0 saturated heterocycles. The van der Waals surface area contributed by atoms with Crippen molar-refractivity contribution in [1.29, 1.82) is 0 Å². The number of benzene rings is 2. The van der Waals surface area contributed by atoms with Gasteiger partial charge in [-0.3, -0.25) is 0 Å². The van der Waals surface area contributed by atoms with Gasteiger partial charge in [-0.25, -0.2) is 4.79 Å². The van der Waals surface area contributed by atoms with Crippen LogP contribution in [0.4, 0.5) is 5.69 Å². The van der Waals surface area contributed by atoms with Gasteiger partial charge >= 0.3 is 5.97 Å². The van der Waals surface area contributed by atoms with Crippen molar-refractivity contribution in [2.75, 3.05) is 5.32 Å². The van der Waals surface area contributed by atoms with Crippen molar-refractivity contribution < 1.29 is 9.53 Å². The Morgan fingerprint density at radius 1 is 0.893 bits per heavy atom. The normalized spacial score (nSPS) is 13.1. The average molecular weight is 382 g/mol. The molecular weight excluding hydrogens is 346 g/mol. The highest BCUT2D eigenvalue weighted by molar-refractivity contribution is 5.80. The highest BCUT2D eigenvalue weighted by Crippen LogP contribution is 2.24. The second-order valence-electron chi connectivity index (χ2n) is 7.47. The summed E-state index contributed by atoms with van der Waals surface area (Å²) in [6.45, 7) is 6.52. The molecule has 28 heavy (non-hydrogen) atoms. The first-order valence-corrected chi connectivity index (χ1v) is 10.7. The van der Waals surface area contributed by atoms with Crippen molar-refractivity contribution in [2.45, 2.75) is 71.4 Å². The van der Waals surface area contributed by atoms with Gasteiger partial charge in [0, 0.05) is 12.1 Å². The van der Waals surface area contributed by atoms with Gasteiger partial charge in [-0.05, 0) is 42.9 Å². The molecular formula is C25H35NO2. The van der Waals surface area contributed by atoms with Crippen LogP contribution in [-0.4, -0.2) is 18.1 Å². The average Bonchev–Trinajstić information content (AvgIpc) is 2.73. The molecule has 0 aliphatic heterocycles. The molecule has 2 aromatic carbocycles. The fourth-order valence-corrected chi connectivity index (χ4v) is 3.78. The van der Waals surface area contributed by atoms with Gasteiger partial charge in [0.1, 0.15) is 12.1 Å². The number of ether oxygens (including phenoxy) is 1. The molecule has 0 saturated carbocycles. The predicted octanol–water partition coefficient (Wildman–Crippen LogP) is 6.25. The Hall–Kier alpha value is -2.29. The molecule has 0 amide bonds. The van der Waals surface area contributed by atoms with Crippen molar-refractivity contribution in [3.8, 4) is 0 Å². The van der Waals surface area contributed by atoms with E-state index in [1.165, 1.54) is 0 Å². The van der Waals surface area contributed by atoms with Gasteiger partial charge in [0.25, 0.3) is 0 Å². The SMILES string of the molecule is CCCC(CCC)[C@H](CC)OC(=O)[C@H](Cc1ccccc1)Nc1ccccc1. The van der Waals surface area contributed by atoms with E-state index in [9.17, 15) is 4.79 Å². The summed E-state index contributed by atoms with van der Waals surface area (Å²) in [5.41, 5.74) is 2.06. The Labute approximate surface area is 170 Å². The maximum absolute atomic E-state index is 13.1. The molecule has 0 fully saturated rings. The molecule has 0 heterocycles. The Balaban J connectivity index is 2.14. The van der Waals surface area contributed by atoms with E-state index in [1.54, 1.807) is 0 Å². The first-order valence-electron chi connectivity index (χ1n) is 10.7. The Morgan fingerprint density at radius 3 is 2.00 bits per heavy atom. The zero-order valence-corrected chi connectivity index (χ0v) is 17.6. The third kappa shape index (κ3) is 7.03. The van der Waals surface area contributed by atoms with Crippen molar-refractivity contribution in [2.24, 2.45) is 5.92 Å². The van der Waals surface area contributed by atoms with Crippen molar-refractivity contribution in [3.05, 3.63) is 66.2 Å². The quantitative estimate of drug-likeness (QED) is 0.442. The van der Waals surface area contributed by atoms with Crippen LogP contribution in [0.5, 0.6) is 0 Å². The first-order chi connectivity index (χ1) is 13.7. The minimum atomic E-state index is -0.400. The van der Waals surface area contributed by atoms with Crippen LogP contribution in [-0.2, 0) is 16.0 Å². The lowest BCUT2D eigenvalue weighted by Gasteiger charge is -2.28. The Morgan fingerprint density at radius 2 is 1.46 bits per heavy atom. The number of nitrogens with one attached hydrogen (secondary N) is 1. The molecule has 0 radical (unpaired) electrons. The van der Waals surface area contributed by atoms with Crippen molar-refractivity contribution in [3.63, 3.8) is 0 Å². The fraction of sp³-hybridized carbons (Fsp3) is 0.480. The number of carbonyl (C=O) groups is 1. The second kappa shape index (κ2) is 12.2. The standard InChI is InChI=1S/C25H35NO2/c1-4-13-21(14-5-2)24(6-3)28-25(27)23(19-20-15-9-7-10-16-20)26-22-17-11-8-12-18-22/h7-12,15-18,21,23-24,26H,4-6,13-14,19H2,1-3H3/t23-,24-/m0/s1. The summed E-state index contributed by atoms with van der Waals surface area (Å²) in [5, 5.41) is 3.39. The highest BCUT2D eigenvalue weighted by Gasteiger charge is 2.27. The zero-order valence-electron chi connectivity index (χ0n) is 17.6. The molecule has 152 valence electrons. The van der Waals surface area contributed by atoms with E-state index >= 15 is 0 Å². The predicted molar refractivity (Wildman–Crippen MR) is 117 cm³/mol. The maximum atomic E-state index is 13.1. The third-order valence-corrected chi connectivity index (χ3v) is 5.20. The molecule has 3 nitrogen and oxygen atoms in total. The van der Waals surface area contributed by atoms with Gasteiger partial charge in [0.2, 0.25) is 0 Å². The molecule has 3 heteroatoms. The lowest BCUT2D eigenvalue weighted by molar-refractivity contribution is -0.153. The molecule has 0 spiro atoms. The molecule has 0 bridgehead atoms. The molecule has 1 N–H and O–H groups in total. The molecule has 2 rings (SSSR count). The van der Waals surface area contributed by atoms with E-state index in [0.29, 0.717) is 12.3 Å². The molecule has 0 aliphatic carbocycles. The van der Waals surface area contributed by atoms with E-state index in [-0.39, 0.29) is 12.1 Å². The van der Waals surface area contributed by atoms with Gasteiger partial charge in [0.15, 0.2) is 0 Å². The summed E-state index contributed by atoms with van der Waals surface area (Å²) in [4.78, 5) is 13.1. The van der Waals surface area contributed by atoms with Crippen molar-refractivity contribution in [1.82, 2.24) is 0 Å². The monoisotopic (exact) mass is 381 g/mol. The van der Waals surface area contributed by atoms with Crippen LogP contribution in [0.2, 0.25) is 0 Å². The van der Waals surface area contributed by atoms with E-state index in [0.717, 1.165) is 43.4 Å².